The smallest absolute Gasteiger partial charge is 0.418 e. The van der Waals surface area contributed by atoms with Gasteiger partial charge in [-0.3, -0.25) is 4.79 Å². The number of carbonyl (C=O) groups excluding carboxylic acids is 2. The number of rotatable bonds is 3. The topological polar surface area (TPSA) is 67.4 Å². The van der Waals surface area contributed by atoms with Crippen LogP contribution in [0.25, 0.3) is 0 Å². The largest absolute Gasteiger partial charge is 0.427 e. The zero-order chi connectivity index (χ0) is 18.6. The Labute approximate surface area is 145 Å². The number of alkyl halides is 3. The van der Waals surface area contributed by atoms with Gasteiger partial charge in [-0.05, 0) is 30.3 Å². The molecule has 0 heterocycles. The summed E-state index contributed by atoms with van der Waals surface area (Å²) in [5.74, 6) is -0.356. The maximum absolute atomic E-state index is 13.0. The fraction of sp³-hybridized carbons (Fsp3) is 0.125. The summed E-state index contributed by atoms with van der Waals surface area (Å²) in [5.41, 5.74) is -1.27. The molecule has 9 heteroatoms. The normalized spacial score (nSPS) is 10.9. The molecule has 0 bridgehead atoms. The highest BCUT2D eigenvalue weighted by atomic mass is 35.5. The van der Waals surface area contributed by atoms with Crippen molar-refractivity contribution < 1.29 is 27.5 Å². The Morgan fingerprint density at radius 3 is 2.44 bits per heavy atom. The minimum absolute atomic E-state index is 0.104. The van der Waals surface area contributed by atoms with Gasteiger partial charge < -0.3 is 15.4 Å². The first-order valence-electron chi connectivity index (χ1n) is 6.88. The summed E-state index contributed by atoms with van der Waals surface area (Å²) >= 11 is 5.58. The van der Waals surface area contributed by atoms with E-state index in [1.165, 1.54) is 37.3 Å². The van der Waals surface area contributed by atoms with Crippen molar-refractivity contribution >= 4 is 35.0 Å². The average Bonchev–Trinajstić information content (AvgIpc) is 2.47. The van der Waals surface area contributed by atoms with Crippen molar-refractivity contribution in [1.82, 2.24) is 0 Å². The fourth-order valence-corrected chi connectivity index (χ4v) is 2.12. The molecular weight excluding hydrogens is 361 g/mol. The van der Waals surface area contributed by atoms with Crippen molar-refractivity contribution in [2.45, 2.75) is 13.1 Å². The van der Waals surface area contributed by atoms with E-state index in [4.69, 9.17) is 16.3 Å². The van der Waals surface area contributed by atoms with Gasteiger partial charge in [0, 0.05) is 23.7 Å². The summed E-state index contributed by atoms with van der Waals surface area (Å²) in [6.07, 6.45) is -4.68. The molecule has 0 unspecified atom stereocenters. The van der Waals surface area contributed by atoms with E-state index in [2.05, 4.69) is 10.6 Å². The summed E-state index contributed by atoms with van der Waals surface area (Å²) in [7, 11) is 0. The van der Waals surface area contributed by atoms with E-state index in [1.54, 1.807) is 0 Å². The van der Waals surface area contributed by atoms with E-state index in [1.807, 2.05) is 0 Å². The number of urea groups is 1. The van der Waals surface area contributed by atoms with Crippen LogP contribution >= 0.6 is 11.6 Å². The Kier molecular flexibility index (Phi) is 5.53. The summed E-state index contributed by atoms with van der Waals surface area (Å²) in [4.78, 5) is 22.9. The minimum Gasteiger partial charge on any atom is -0.427 e. The van der Waals surface area contributed by atoms with Crippen LogP contribution in [0.4, 0.5) is 29.3 Å². The first kappa shape index (κ1) is 18.6. The van der Waals surface area contributed by atoms with Crippen LogP contribution in [0, 0.1) is 0 Å². The molecule has 2 N–H and O–H groups in total. The molecule has 132 valence electrons. The molecule has 5 nitrogen and oxygen atoms in total. The van der Waals surface area contributed by atoms with Crippen molar-refractivity contribution in [3.05, 3.63) is 53.1 Å². The van der Waals surface area contributed by atoms with Gasteiger partial charge in [0.25, 0.3) is 0 Å². The third-order valence-corrected chi connectivity index (χ3v) is 3.12. The number of hydrogen-bond acceptors (Lipinski definition) is 3. The molecule has 0 fully saturated rings. The van der Waals surface area contributed by atoms with Crippen LogP contribution in [0.2, 0.25) is 5.02 Å². The number of amides is 2. The molecule has 0 aromatic heterocycles. The zero-order valence-corrected chi connectivity index (χ0v) is 13.5. The second-order valence-electron chi connectivity index (χ2n) is 4.89. The molecule has 0 aliphatic heterocycles. The molecule has 0 aliphatic rings. The number of nitrogens with one attached hydrogen (secondary N) is 2. The summed E-state index contributed by atoms with van der Waals surface area (Å²) in [6, 6.07) is 7.95. The maximum atomic E-state index is 13.0. The van der Waals surface area contributed by atoms with Crippen LogP contribution in [0.1, 0.15) is 12.5 Å². The Morgan fingerprint density at radius 1 is 1.08 bits per heavy atom. The van der Waals surface area contributed by atoms with Gasteiger partial charge in [0.05, 0.1) is 11.3 Å². The molecule has 0 atom stereocenters. The van der Waals surface area contributed by atoms with Crippen molar-refractivity contribution in [3.8, 4) is 5.75 Å². The van der Waals surface area contributed by atoms with E-state index in [0.29, 0.717) is 0 Å². The molecule has 2 aromatic rings. The predicted octanol–water partition coefficient (Wildman–Crippen LogP) is 4.93. The molecule has 2 rings (SSSR count). The first-order valence-corrected chi connectivity index (χ1v) is 7.26. The second kappa shape index (κ2) is 7.43. The highest BCUT2D eigenvalue weighted by molar-refractivity contribution is 6.30. The number of esters is 1. The van der Waals surface area contributed by atoms with E-state index < -0.39 is 29.4 Å². The molecule has 0 saturated heterocycles. The number of anilines is 2. The fourth-order valence-electron chi connectivity index (χ4n) is 1.95. The first-order chi connectivity index (χ1) is 11.6. The highest BCUT2D eigenvalue weighted by Crippen LogP contribution is 2.36. The van der Waals surface area contributed by atoms with Crippen LogP contribution in [-0.4, -0.2) is 12.0 Å². The van der Waals surface area contributed by atoms with Crippen molar-refractivity contribution in [2.75, 3.05) is 10.6 Å². The van der Waals surface area contributed by atoms with Crippen LogP contribution in [0.15, 0.2) is 42.5 Å². The molecule has 2 amide bonds. The van der Waals surface area contributed by atoms with E-state index >= 15 is 0 Å². The van der Waals surface area contributed by atoms with Crippen LogP contribution in [0.3, 0.4) is 0 Å². The predicted molar refractivity (Wildman–Crippen MR) is 86.8 cm³/mol. The lowest BCUT2D eigenvalue weighted by Gasteiger charge is -2.15. The van der Waals surface area contributed by atoms with Crippen molar-refractivity contribution in [2.24, 2.45) is 0 Å². The zero-order valence-electron chi connectivity index (χ0n) is 12.8. The standard InChI is InChI=1S/C16H12ClF3N2O3/c1-9(23)25-12-4-2-3-11(8-12)21-15(24)22-14-6-5-10(17)7-13(14)16(18,19)20/h2-8H,1H3,(H2,21,22,24). The van der Waals surface area contributed by atoms with Crippen LogP contribution in [0.5, 0.6) is 5.75 Å². The third-order valence-electron chi connectivity index (χ3n) is 2.89. The number of hydrogen-bond donors (Lipinski definition) is 2. The molecule has 0 aliphatic carbocycles. The Balaban J connectivity index is 2.15. The summed E-state index contributed by atoms with van der Waals surface area (Å²) in [6.45, 7) is 1.21. The SMILES string of the molecule is CC(=O)Oc1cccc(NC(=O)Nc2ccc(Cl)cc2C(F)(F)F)c1. The average molecular weight is 373 g/mol. The van der Waals surface area contributed by atoms with Crippen molar-refractivity contribution in [3.63, 3.8) is 0 Å². The maximum Gasteiger partial charge on any atom is 0.418 e. The minimum atomic E-state index is -4.68. The molecule has 2 aromatic carbocycles. The van der Waals surface area contributed by atoms with Gasteiger partial charge in [0.2, 0.25) is 0 Å². The quantitative estimate of drug-likeness (QED) is 0.593. The van der Waals surface area contributed by atoms with E-state index in [9.17, 15) is 22.8 Å². The Hall–Kier alpha value is -2.74. The second-order valence-corrected chi connectivity index (χ2v) is 5.32. The molecule has 25 heavy (non-hydrogen) atoms. The van der Waals surface area contributed by atoms with Gasteiger partial charge in [-0.1, -0.05) is 17.7 Å². The van der Waals surface area contributed by atoms with E-state index in [0.717, 1.165) is 12.1 Å². The van der Waals surface area contributed by atoms with E-state index in [-0.39, 0.29) is 16.5 Å². The van der Waals surface area contributed by atoms with Gasteiger partial charge >= 0.3 is 18.2 Å². The van der Waals surface area contributed by atoms with Crippen molar-refractivity contribution in [1.29, 1.82) is 0 Å². The summed E-state index contributed by atoms with van der Waals surface area (Å²) < 4.78 is 43.9. The Morgan fingerprint density at radius 2 is 1.80 bits per heavy atom. The number of halogens is 4. The van der Waals surface area contributed by atoms with Gasteiger partial charge in [-0.2, -0.15) is 13.2 Å². The third kappa shape index (κ3) is 5.39. The molecular formula is C16H12ClF3N2O3. The number of carbonyl (C=O) groups is 2. The van der Waals surface area contributed by atoms with Gasteiger partial charge in [0.15, 0.2) is 0 Å². The lowest BCUT2D eigenvalue weighted by molar-refractivity contribution is -0.137. The summed E-state index contributed by atoms with van der Waals surface area (Å²) in [5, 5.41) is 4.37. The number of benzene rings is 2. The lowest BCUT2D eigenvalue weighted by Crippen LogP contribution is -2.22. The van der Waals surface area contributed by atoms with Gasteiger partial charge in [-0.25, -0.2) is 4.79 Å². The monoisotopic (exact) mass is 372 g/mol. The Bertz CT molecular complexity index is 809. The number of ether oxygens (including phenoxy) is 1. The van der Waals surface area contributed by atoms with Crippen LogP contribution < -0.4 is 15.4 Å². The molecule has 0 saturated carbocycles. The lowest BCUT2D eigenvalue weighted by atomic mass is 10.1. The molecule has 0 spiro atoms. The van der Waals surface area contributed by atoms with Gasteiger partial charge in [-0.15, -0.1) is 0 Å². The molecule has 0 radical (unpaired) electrons. The highest BCUT2D eigenvalue weighted by Gasteiger charge is 2.34. The van der Waals surface area contributed by atoms with Gasteiger partial charge in [0.1, 0.15) is 5.75 Å². The van der Waals surface area contributed by atoms with Crippen LogP contribution in [-0.2, 0) is 11.0 Å².